The summed E-state index contributed by atoms with van der Waals surface area (Å²) in [7, 11) is 3.18. The number of benzene rings is 1. The van der Waals surface area contributed by atoms with Gasteiger partial charge in [-0.25, -0.2) is 0 Å². The second kappa shape index (κ2) is 3.90. The molecule has 0 radical (unpaired) electrons. The standard InChI is InChI=1S/C11H10O3S/c1-13-8-5-3-4-7-10(14-2)9(6-12)15-11(7)8/h3-6H,1-2H3. The number of ether oxygens (including phenoxy) is 2. The van der Waals surface area contributed by atoms with E-state index in [9.17, 15) is 4.79 Å². The van der Waals surface area contributed by atoms with Gasteiger partial charge in [-0.3, -0.25) is 4.79 Å². The van der Waals surface area contributed by atoms with Crippen LogP contribution in [0.5, 0.6) is 11.5 Å². The van der Waals surface area contributed by atoms with Gasteiger partial charge in [0.25, 0.3) is 0 Å². The highest BCUT2D eigenvalue weighted by Gasteiger charge is 2.14. The molecule has 3 nitrogen and oxygen atoms in total. The summed E-state index contributed by atoms with van der Waals surface area (Å²) in [6, 6.07) is 5.66. The van der Waals surface area contributed by atoms with E-state index in [1.807, 2.05) is 18.2 Å². The predicted molar refractivity (Wildman–Crippen MR) is 60.3 cm³/mol. The summed E-state index contributed by atoms with van der Waals surface area (Å²) in [6.07, 6.45) is 0.808. The number of carbonyl (C=O) groups excluding carboxylic acids is 1. The van der Waals surface area contributed by atoms with Crippen LogP contribution in [0.1, 0.15) is 9.67 Å². The van der Waals surface area contributed by atoms with Gasteiger partial charge in [0.2, 0.25) is 0 Å². The number of thiophene rings is 1. The minimum Gasteiger partial charge on any atom is -0.495 e. The average molecular weight is 222 g/mol. The van der Waals surface area contributed by atoms with E-state index in [-0.39, 0.29) is 0 Å². The fourth-order valence-electron chi connectivity index (χ4n) is 1.54. The predicted octanol–water partition coefficient (Wildman–Crippen LogP) is 2.73. The van der Waals surface area contributed by atoms with E-state index in [2.05, 4.69) is 0 Å². The van der Waals surface area contributed by atoms with Gasteiger partial charge in [-0.2, -0.15) is 0 Å². The van der Waals surface area contributed by atoms with Gasteiger partial charge < -0.3 is 9.47 Å². The molecule has 0 saturated heterocycles. The first-order chi connectivity index (χ1) is 7.31. The molecule has 15 heavy (non-hydrogen) atoms. The largest absolute Gasteiger partial charge is 0.495 e. The fourth-order valence-corrected chi connectivity index (χ4v) is 2.61. The van der Waals surface area contributed by atoms with Gasteiger partial charge in [-0.15, -0.1) is 11.3 Å². The number of hydrogen-bond donors (Lipinski definition) is 0. The molecule has 0 amide bonds. The molecule has 4 heteroatoms. The molecule has 0 aliphatic heterocycles. The molecule has 0 aliphatic carbocycles. The summed E-state index contributed by atoms with van der Waals surface area (Å²) >= 11 is 1.38. The van der Waals surface area contributed by atoms with E-state index in [1.54, 1.807) is 14.2 Å². The maximum atomic E-state index is 10.8. The highest BCUT2D eigenvalue weighted by Crippen LogP contribution is 2.41. The third-order valence-electron chi connectivity index (χ3n) is 2.19. The van der Waals surface area contributed by atoms with E-state index in [0.29, 0.717) is 10.6 Å². The van der Waals surface area contributed by atoms with Crippen LogP contribution < -0.4 is 9.47 Å². The second-order valence-corrected chi connectivity index (χ2v) is 4.01. The van der Waals surface area contributed by atoms with Crippen LogP contribution in [-0.2, 0) is 0 Å². The summed E-state index contributed by atoms with van der Waals surface area (Å²) in [6.45, 7) is 0. The third kappa shape index (κ3) is 1.47. The smallest absolute Gasteiger partial charge is 0.163 e. The van der Waals surface area contributed by atoms with E-state index >= 15 is 0 Å². The number of fused-ring (bicyclic) bond motifs is 1. The number of aldehydes is 1. The topological polar surface area (TPSA) is 35.5 Å². The molecule has 1 aromatic carbocycles. The molecule has 2 aromatic rings. The Hall–Kier alpha value is -1.55. The Morgan fingerprint density at radius 3 is 2.67 bits per heavy atom. The van der Waals surface area contributed by atoms with Gasteiger partial charge in [0.15, 0.2) is 6.29 Å². The molecule has 0 N–H and O–H groups in total. The fraction of sp³-hybridized carbons (Fsp3) is 0.182. The van der Waals surface area contributed by atoms with Crippen LogP contribution in [0.15, 0.2) is 18.2 Å². The first-order valence-electron chi connectivity index (χ1n) is 4.40. The molecule has 0 aliphatic rings. The Labute approximate surface area is 91.2 Å². The number of hydrogen-bond acceptors (Lipinski definition) is 4. The van der Waals surface area contributed by atoms with Crippen molar-refractivity contribution in [3.8, 4) is 11.5 Å². The van der Waals surface area contributed by atoms with Crippen molar-refractivity contribution >= 4 is 27.7 Å². The first-order valence-corrected chi connectivity index (χ1v) is 5.22. The van der Waals surface area contributed by atoms with Crippen molar-refractivity contribution in [2.24, 2.45) is 0 Å². The van der Waals surface area contributed by atoms with Crippen molar-refractivity contribution in [2.75, 3.05) is 14.2 Å². The maximum Gasteiger partial charge on any atom is 0.163 e. The molecule has 1 heterocycles. The lowest BCUT2D eigenvalue weighted by molar-refractivity contribution is 0.112. The van der Waals surface area contributed by atoms with Gasteiger partial charge in [-0.1, -0.05) is 6.07 Å². The van der Waals surface area contributed by atoms with E-state index < -0.39 is 0 Å². The second-order valence-electron chi connectivity index (χ2n) is 2.95. The van der Waals surface area contributed by atoms with Crippen molar-refractivity contribution in [3.63, 3.8) is 0 Å². The number of rotatable bonds is 3. The Balaban J connectivity index is 2.80. The Bertz CT molecular complexity index is 502. The maximum absolute atomic E-state index is 10.8. The van der Waals surface area contributed by atoms with Crippen molar-refractivity contribution in [3.05, 3.63) is 23.1 Å². The zero-order chi connectivity index (χ0) is 10.8. The van der Waals surface area contributed by atoms with Gasteiger partial charge >= 0.3 is 0 Å². The minimum absolute atomic E-state index is 0.594. The van der Waals surface area contributed by atoms with Gasteiger partial charge in [0, 0.05) is 5.39 Å². The van der Waals surface area contributed by atoms with E-state index in [4.69, 9.17) is 9.47 Å². The Kier molecular flexibility index (Phi) is 2.60. The van der Waals surface area contributed by atoms with E-state index in [1.165, 1.54) is 11.3 Å². The lowest BCUT2D eigenvalue weighted by Gasteiger charge is -2.01. The summed E-state index contributed by atoms with van der Waals surface area (Å²) in [5.41, 5.74) is 0. The average Bonchev–Trinajstić information content (AvgIpc) is 2.66. The molecule has 1 aromatic heterocycles. The monoisotopic (exact) mass is 222 g/mol. The van der Waals surface area contributed by atoms with Gasteiger partial charge in [0.05, 0.1) is 18.9 Å². The zero-order valence-electron chi connectivity index (χ0n) is 8.44. The Morgan fingerprint density at radius 2 is 2.07 bits per heavy atom. The zero-order valence-corrected chi connectivity index (χ0v) is 9.26. The van der Waals surface area contributed by atoms with Crippen LogP contribution in [0.25, 0.3) is 10.1 Å². The molecule has 0 bridgehead atoms. The lowest BCUT2D eigenvalue weighted by Crippen LogP contribution is -1.85. The number of methoxy groups -OCH3 is 2. The van der Waals surface area contributed by atoms with Crippen LogP contribution >= 0.6 is 11.3 Å². The molecular formula is C11H10O3S. The van der Waals surface area contributed by atoms with Crippen LogP contribution in [-0.4, -0.2) is 20.5 Å². The van der Waals surface area contributed by atoms with Crippen LogP contribution in [0, 0.1) is 0 Å². The van der Waals surface area contributed by atoms with Crippen molar-refractivity contribution in [1.29, 1.82) is 0 Å². The van der Waals surface area contributed by atoms with Gasteiger partial charge in [0.1, 0.15) is 16.4 Å². The molecule has 0 unspecified atom stereocenters. The highest BCUT2D eigenvalue weighted by atomic mass is 32.1. The van der Waals surface area contributed by atoms with Crippen LogP contribution in [0.2, 0.25) is 0 Å². The summed E-state index contributed by atoms with van der Waals surface area (Å²) < 4.78 is 11.4. The number of carbonyl (C=O) groups is 1. The summed E-state index contributed by atoms with van der Waals surface area (Å²) in [5.74, 6) is 1.40. The van der Waals surface area contributed by atoms with Crippen molar-refractivity contribution < 1.29 is 14.3 Å². The van der Waals surface area contributed by atoms with Crippen LogP contribution in [0.4, 0.5) is 0 Å². The van der Waals surface area contributed by atoms with Crippen molar-refractivity contribution in [2.45, 2.75) is 0 Å². The molecule has 78 valence electrons. The molecule has 0 atom stereocenters. The quantitative estimate of drug-likeness (QED) is 0.749. The van der Waals surface area contributed by atoms with Crippen molar-refractivity contribution in [1.82, 2.24) is 0 Å². The summed E-state index contributed by atoms with van der Waals surface area (Å²) in [5, 5.41) is 0.920. The normalized spacial score (nSPS) is 10.3. The molecule has 0 saturated carbocycles. The molecule has 0 fully saturated rings. The van der Waals surface area contributed by atoms with E-state index in [0.717, 1.165) is 22.1 Å². The first kappa shape index (κ1) is 9.98. The Morgan fingerprint density at radius 1 is 1.27 bits per heavy atom. The SMILES string of the molecule is COc1c(C=O)sc2c(OC)cccc12. The minimum atomic E-state index is 0.594. The molecule has 0 spiro atoms. The lowest BCUT2D eigenvalue weighted by atomic mass is 10.2. The highest BCUT2D eigenvalue weighted by molar-refractivity contribution is 7.21. The van der Waals surface area contributed by atoms with Gasteiger partial charge in [-0.05, 0) is 12.1 Å². The molecule has 2 rings (SSSR count). The summed E-state index contributed by atoms with van der Waals surface area (Å²) in [4.78, 5) is 11.4. The molecular weight excluding hydrogens is 212 g/mol. The van der Waals surface area contributed by atoms with Crippen LogP contribution in [0.3, 0.4) is 0 Å². The third-order valence-corrected chi connectivity index (χ3v) is 3.32.